The zero-order valence-electron chi connectivity index (χ0n) is 20.0. The van der Waals surface area contributed by atoms with Gasteiger partial charge in [0.15, 0.2) is 0 Å². The number of hydrogen-bond donors (Lipinski definition) is 0. The van der Waals surface area contributed by atoms with Gasteiger partial charge in [-0.15, -0.1) is 0 Å². The molecule has 0 saturated heterocycles. The van der Waals surface area contributed by atoms with E-state index < -0.39 is 4.92 Å². The summed E-state index contributed by atoms with van der Waals surface area (Å²) in [4.78, 5) is 29.4. The highest BCUT2D eigenvalue weighted by molar-refractivity contribution is 9.11. The molecule has 4 aromatic rings. The molecule has 0 amide bonds. The summed E-state index contributed by atoms with van der Waals surface area (Å²) in [6.07, 6.45) is 3.59. The maximum atomic E-state index is 13.4. The van der Waals surface area contributed by atoms with Crippen LogP contribution in [0.25, 0.3) is 10.9 Å². The number of ether oxygens (including phenoxy) is 1. The predicted molar refractivity (Wildman–Crippen MR) is 160 cm³/mol. The average Bonchev–Trinajstić information content (AvgIpc) is 2.87. The van der Waals surface area contributed by atoms with Crippen LogP contribution in [-0.4, -0.2) is 20.8 Å². The lowest BCUT2D eigenvalue weighted by Crippen LogP contribution is -2.22. The fraction of sp³-hybridized carbons (Fsp3) is 0.192. The van der Waals surface area contributed by atoms with Gasteiger partial charge < -0.3 is 4.74 Å². The molecule has 3 aromatic carbocycles. The molecule has 0 spiro atoms. The molecule has 0 radical (unpaired) electrons. The van der Waals surface area contributed by atoms with E-state index in [-0.39, 0.29) is 34.2 Å². The molecule has 0 aliphatic carbocycles. The van der Waals surface area contributed by atoms with Crippen molar-refractivity contribution in [3.8, 4) is 5.75 Å². The summed E-state index contributed by atoms with van der Waals surface area (Å²) >= 11 is 16.5. The van der Waals surface area contributed by atoms with Crippen molar-refractivity contribution in [2.24, 2.45) is 5.10 Å². The Labute approximate surface area is 248 Å². The molecule has 12 heteroatoms. The van der Waals surface area contributed by atoms with Crippen molar-refractivity contribution in [1.29, 1.82) is 0 Å². The largest absolute Gasteiger partial charge is 0.481 e. The molecule has 0 fully saturated rings. The van der Waals surface area contributed by atoms with Crippen LogP contribution in [0.1, 0.15) is 36.7 Å². The molecule has 196 valence electrons. The van der Waals surface area contributed by atoms with Gasteiger partial charge in [0.05, 0.1) is 22.0 Å². The van der Waals surface area contributed by atoms with Crippen molar-refractivity contribution >= 4 is 82.2 Å². The summed E-state index contributed by atoms with van der Waals surface area (Å²) < 4.78 is 9.56. The monoisotopic (exact) mass is 724 g/mol. The number of hydrogen-bond acceptors (Lipinski definition) is 6. The maximum Gasteiger partial charge on any atom is 0.313 e. The molecule has 4 rings (SSSR count). The van der Waals surface area contributed by atoms with Crippen LogP contribution >= 0.6 is 59.4 Å². The van der Waals surface area contributed by atoms with E-state index in [4.69, 9.17) is 16.3 Å². The predicted octanol–water partition coefficient (Wildman–Crippen LogP) is 8.05. The highest BCUT2D eigenvalue weighted by Crippen LogP contribution is 2.35. The number of benzene rings is 3. The summed E-state index contributed by atoms with van der Waals surface area (Å²) in [5, 5.41) is 16.8. The molecular formula is C26H20Br3ClN4O4. The smallest absolute Gasteiger partial charge is 0.313 e. The van der Waals surface area contributed by atoms with Gasteiger partial charge in [0.25, 0.3) is 5.56 Å². The van der Waals surface area contributed by atoms with Gasteiger partial charge in [-0.1, -0.05) is 78.8 Å². The Hall–Kier alpha value is -2.60. The van der Waals surface area contributed by atoms with Crippen molar-refractivity contribution in [2.75, 3.05) is 0 Å². The van der Waals surface area contributed by atoms with Crippen molar-refractivity contribution in [3.63, 3.8) is 0 Å². The fourth-order valence-corrected chi connectivity index (χ4v) is 5.45. The Morgan fingerprint density at radius 3 is 2.58 bits per heavy atom. The molecule has 0 unspecified atom stereocenters. The average molecular weight is 728 g/mol. The van der Waals surface area contributed by atoms with Gasteiger partial charge in [-0.3, -0.25) is 14.9 Å². The molecule has 0 aliphatic heterocycles. The molecule has 0 bridgehead atoms. The second-order valence-electron chi connectivity index (χ2n) is 8.28. The first-order chi connectivity index (χ1) is 18.2. The Bertz CT molecular complexity index is 1620. The van der Waals surface area contributed by atoms with Gasteiger partial charge in [0.2, 0.25) is 5.75 Å². The minimum Gasteiger partial charge on any atom is -0.481 e. The third kappa shape index (κ3) is 6.51. The van der Waals surface area contributed by atoms with Crippen LogP contribution in [0.15, 0.2) is 71.8 Å². The number of nitrogens with zero attached hydrogens (tertiary/aromatic N) is 4. The standard InChI is InChI=1S/C26H20Br3ClN4O4/c1-2-3-4-24-32-22-8-7-17(27)10-20(22)26(35)33(24)31-13-16-9-19(30)12-23(34(36)37)25(16)38-14-15-5-6-18(28)11-21(15)29/h5-13H,2-4,14H2,1H3. The number of aryl methyl sites for hydroxylation is 1. The van der Waals surface area contributed by atoms with Crippen molar-refractivity contribution in [2.45, 2.75) is 32.8 Å². The fourth-order valence-electron chi connectivity index (χ4n) is 3.71. The lowest BCUT2D eigenvalue weighted by atomic mass is 10.1. The Morgan fingerprint density at radius 1 is 1.13 bits per heavy atom. The number of nitro benzene ring substituents is 1. The highest BCUT2D eigenvalue weighted by atomic mass is 79.9. The van der Waals surface area contributed by atoms with E-state index in [1.54, 1.807) is 12.1 Å². The quantitative estimate of drug-likeness (QED) is 0.0988. The highest BCUT2D eigenvalue weighted by Gasteiger charge is 2.21. The first-order valence-corrected chi connectivity index (χ1v) is 14.2. The molecule has 38 heavy (non-hydrogen) atoms. The van der Waals surface area contributed by atoms with E-state index in [0.717, 1.165) is 31.8 Å². The molecular weight excluding hydrogens is 707 g/mol. The number of nitro groups is 1. The van der Waals surface area contributed by atoms with Gasteiger partial charge in [-0.05, 0) is 42.8 Å². The van der Waals surface area contributed by atoms with E-state index in [9.17, 15) is 14.9 Å². The molecule has 0 atom stereocenters. The number of rotatable bonds is 9. The van der Waals surface area contributed by atoms with Gasteiger partial charge >= 0.3 is 5.69 Å². The van der Waals surface area contributed by atoms with Crippen LogP contribution < -0.4 is 10.3 Å². The zero-order valence-corrected chi connectivity index (χ0v) is 25.5. The van der Waals surface area contributed by atoms with Gasteiger partial charge in [0, 0.05) is 42.1 Å². The number of halogens is 4. The molecule has 8 nitrogen and oxygen atoms in total. The summed E-state index contributed by atoms with van der Waals surface area (Å²) in [7, 11) is 0. The van der Waals surface area contributed by atoms with E-state index in [1.807, 2.05) is 31.2 Å². The molecule has 0 N–H and O–H groups in total. The van der Waals surface area contributed by atoms with Crippen LogP contribution in [0.3, 0.4) is 0 Å². The van der Waals surface area contributed by atoms with Crippen LogP contribution in [-0.2, 0) is 13.0 Å². The summed E-state index contributed by atoms with van der Waals surface area (Å²) in [5.74, 6) is 0.471. The van der Waals surface area contributed by atoms with Crippen molar-refractivity contribution in [1.82, 2.24) is 9.66 Å². The minimum atomic E-state index is -0.566. The zero-order chi connectivity index (χ0) is 27.4. The molecule has 0 aliphatic rings. The van der Waals surface area contributed by atoms with Crippen molar-refractivity contribution < 1.29 is 9.66 Å². The van der Waals surface area contributed by atoms with E-state index in [1.165, 1.54) is 23.0 Å². The molecule has 1 aromatic heterocycles. The van der Waals surface area contributed by atoms with Gasteiger partial charge in [-0.25, -0.2) is 4.98 Å². The van der Waals surface area contributed by atoms with Crippen LogP contribution in [0.2, 0.25) is 5.02 Å². The lowest BCUT2D eigenvalue weighted by molar-refractivity contribution is -0.385. The molecule has 0 saturated carbocycles. The van der Waals surface area contributed by atoms with E-state index in [0.29, 0.717) is 23.1 Å². The van der Waals surface area contributed by atoms with E-state index >= 15 is 0 Å². The van der Waals surface area contributed by atoms with Crippen LogP contribution in [0.5, 0.6) is 5.75 Å². The summed E-state index contributed by atoms with van der Waals surface area (Å²) in [5.41, 5.74) is 0.934. The van der Waals surface area contributed by atoms with Crippen LogP contribution in [0.4, 0.5) is 5.69 Å². The second-order valence-corrected chi connectivity index (χ2v) is 11.4. The second kappa shape index (κ2) is 12.5. The summed E-state index contributed by atoms with van der Waals surface area (Å²) in [6.45, 7) is 2.09. The van der Waals surface area contributed by atoms with Gasteiger partial charge in [0.1, 0.15) is 12.4 Å². The first kappa shape index (κ1) is 28.4. The third-order valence-corrected chi connectivity index (χ3v) is 7.53. The van der Waals surface area contributed by atoms with E-state index in [2.05, 4.69) is 57.9 Å². The number of unbranched alkanes of at least 4 members (excludes halogenated alkanes) is 1. The summed E-state index contributed by atoms with van der Waals surface area (Å²) in [6, 6.07) is 13.5. The Kier molecular flexibility index (Phi) is 9.35. The third-order valence-electron chi connectivity index (χ3n) is 5.59. The van der Waals surface area contributed by atoms with Crippen LogP contribution in [0, 0.1) is 10.1 Å². The Morgan fingerprint density at radius 2 is 1.87 bits per heavy atom. The normalized spacial score (nSPS) is 11.4. The van der Waals surface area contributed by atoms with Gasteiger partial charge in [-0.2, -0.15) is 9.78 Å². The Balaban J connectivity index is 1.81. The first-order valence-electron chi connectivity index (χ1n) is 11.5. The molecule has 1 heterocycles. The number of fused-ring (bicyclic) bond motifs is 1. The van der Waals surface area contributed by atoms with Crippen molar-refractivity contribution in [3.05, 3.63) is 104 Å². The topological polar surface area (TPSA) is 99.6 Å². The lowest BCUT2D eigenvalue weighted by Gasteiger charge is -2.12. The number of aromatic nitrogens is 2. The maximum absolute atomic E-state index is 13.4. The minimum absolute atomic E-state index is 0.0161. The SMILES string of the molecule is CCCCc1nc2ccc(Br)cc2c(=O)n1N=Cc1cc(Cl)cc([N+](=O)[O-])c1OCc1ccc(Br)cc1Br.